The van der Waals surface area contributed by atoms with Crippen molar-refractivity contribution in [1.29, 1.82) is 0 Å². The van der Waals surface area contributed by atoms with E-state index in [4.69, 9.17) is 0 Å². The van der Waals surface area contributed by atoms with Crippen LogP contribution in [0.25, 0.3) is 28.0 Å². The summed E-state index contributed by atoms with van der Waals surface area (Å²) >= 11 is 0. The number of nitro groups is 1. The van der Waals surface area contributed by atoms with Crippen molar-refractivity contribution >= 4 is 11.3 Å². The lowest BCUT2D eigenvalue weighted by molar-refractivity contribution is -0.384. The van der Waals surface area contributed by atoms with Gasteiger partial charge in [0.2, 0.25) is 0 Å². The minimum absolute atomic E-state index is 0.0562. The van der Waals surface area contributed by atoms with Crippen molar-refractivity contribution in [1.82, 2.24) is 9.38 Å². The molecule has 0 aliphatic carbocycles. The van der Waals surface area contributed by atoms with Crippen molar-refractivity contribution in [3.63, 3.8) is 0 Å². The van der Waals surface area contributed by atoms with E-state index < -0.39 is 4.92 Å². The molecule has 0 aliphatic rings. The van der Waals surface area contributed by atoms with Gasteiger partial charge in [-0.3, -0.25) is 10.1 Å². The van der Waals surface area contributed by atoms with E-state index in [1.165, 1.54) is 18.2 Å². The molecule has 2 heterocycles. The number of imidazole rings is 1. The first kappa shape index (κ1) is 15.0. The number of halogens is 1. The van der Waals surface area contributed by atoms with Crippen LogP contribution in [0, 0.1) is 15.9 Å². The van der Waals surface area contributed by atoms with Crippen molar-refractivity contribution in [2.75, 3.05) is 0 Å². The van der Waals surface area contributed by atoms with Gasteiger partial charge in [0.1, 0.15) is 11.5 Å². The lowest BCUT2D eigenvalue weighted by Gasteiger charge is -2.03. The summed E-state index contributed by atoms with van der Waals surface area (Å²) in [6.07, 6.45) is 3.62. The van der Waals surface area contributed by atoms with E-state index >= 15 is 0 Å². The molecule has 0 spiro atoms. The molecule has 4 rings (SSSR count). The molecular weight excluding hydrogens is 321 g/mol. The maximum Gasteiger partial charge on any atom is 0.277 e. The van der Waals surface area contributed by atoms with Crippen molar-refractivity contribution < 1.29 is 9.31 Å². The Balaban J connectivity index is 1.81. The third kappa shape index (κ3) is 2.74. The van der Waals surface area contributed by atoms with Gasteiger partial charge in [-0.15, -0.1) is 0 Å². The van der Waals surface area contributed by atoms with Crippen LogP contribution < -0.4 is 0 Å². The van der Waals surface area contributed by atoms with Crippen molar-refractivity contribution in [3.05, 3.63) is 89.0 Å². The number of para-hydroxylation sites is 1. The second-order valence-corrected chi connectivity index (χ2v) is 5.59. The number of nitro benzene ring substituents is 1. The maximum atomic E-state index is 13.1. The van der Waals surface area contributed by atoms with Gasteiger partial charge >= 0.3 is 0 Å². The minimum atomic E-state index is -0.391. The zero-order valence-electron chi connectivity index (χ0n) is 13.0. The van der Waals surface area contributed by atoms with Gasteiger partial charge < -0.3 is 4.40 Å². The molecule has 0 saturated carbocycles. The third-order valence-electron chi connectivity index (χ3n) is 4.00. The number of benzene rings is 2. The van der Waals surface area contributed by atoms with Crippen LogP contribution in [0.4, 0.5) is 10.1 Å². The second kappa shape index (κ2) is 5.83. The molecule has 6 heteroatoms. The molecule has 25 heavy (non-hydrogen) atoms. The van der Waals surface area contributed by atoms with E-state index in [9.17, 15) is 14.5 Å². The molecule has 0 fully saturated rings. The van der Waals surface area contributed by atoms with Gasteiger partial charge in [0.25, 0.3) is 5.69 Å². The van der Waals surface area contributed by atoms with Crippen LogP contribution in [-0.2, 0) is 0 Å². The topological polar surface area (TPSA) is 60.4 Å². The highest BCUT2D eigenvalue weighted by atomic mass is 19.1. The summed E-state index contributed by atoms with van der Waals surface area (Å²) in [5.41, 5.74) is 3.55. The summed E-state index contributed by atoms with van der Waals surface area (Å²) in [5.74, 6) is -0.300. The summed E-state index contributed by atoms with van der Waals surface area (Å²) in [6.45, 7) is 0. The lowest BCUT2D eigenvalue weighted by Crippen LogP contribution is -1.92. The average Bonchev–Trinajstić information content (AvgIpc) is 3.05. The predicted octanol–water partition coefficient (Wildman–Crippen LogP) is 4.72. The highest BCUT2D eigenvalue weighted by molar-refractivity contribution is 5.74. The van der Waals surface area contributed by atoms with Crippen LogP contribution >= 0.6 is 0 Å². The molecule has 0 atom stereocenters. The Morgan fingerprint density at radius 1 is 0.920 bits per heavy atom. The van der Waals surface area contributed by atoms with Gasteiger partial charge in [0.05, 0.1) is 16.2 Å². The molecule has 0 aliphatic heterocycles. The summed E-state index contributed by atoms with van der Waals surface area (Å²) in [4.78, 5) is 15.4. The molecule has 4 aromatic rings. The predicted molar refractivity (Wildman–Crippen MR) is 92.7 cm³/mol. The Bertz CT molecular complexity index is 1090. The molecule has 0 unspecified atom stereocenters. The van der Waals surface area contributed by atoms with E-state index in [0.29, 0.717) is 16.9 Å². The highest BCUT2D eigenvalue weighted by Crippen LogP contribution is 2.30. The van der Waals surface area contributed by atoms with E-state index in [0.717, 1.165) is 11.1 Å². The number of aromatic nitrogens is 2. The monoisotopic (exact) mass is 333 g/mol. The SMILES string of the molecule is O=[N+]([O-])c1ccccc1-c1ccc2nc(-c3ccc(F)cc3)cn2c1. The fraction of sp³-hybridized carbons (Fsp3) is 0. The molecule has 0 bridgehead atoms. The molecule has 2 aromatic heterocycles. The van der Waals surface area contributed by atoms with E-state index in [1.807, 2.05) is 10.6 Å². The fourth-order valence-electron chi connectivity index (χ4n) is 2.79. The molecule has 122 valence electrons. The van der Waals surface area contributed by atoms with E-state index in [2.05, 4.69) is 4.98 Å². The first-order chi connectivity index (χ1) is 12.1. The van der Waals surface area contributed by atoms with E-state index in [1.54, 1.807) is 48.7 Å². The van der Waals surface area contributed by atoms with Crippen LogP contribution in [0.3, 0.4) is 0 Å². The van der Waals surface area contributed by atoms with Gasteiger partial charge in [-0.1, -0.05) is 12.1 Å². The number of rotatable bonds is 3. The zero-order valence-corrected chi connectivity index (χ0v) is 13.0. The largest absolute Gasteiger partial charge is 0.306 e. The smallest absolute Gasteiger partial charge is 0.277 e. The van der Waals surface area contributed by atoms with Gasteiger partial charge in [-0.2, -0.15) is 0 Å². The van der Waals surface area contributed by atoms with Crippen LogP contribution in [0.5, 0.6) is 0 Å². The first-order valence-corrected chi connectivity index (χ1v) is 7.60. The third-order valence-corrected chi connectivity index (χ3v) is 4.00. The molecule has 0 saturated heterocycles. The van der Waals surface area contributed by atoms with Crippen molar-refractivity contribution in [3.8, 4) is 22.4 Å². The number of pyridine rings is 1. The van der Waals surface area contributed by atoms with Crippen LogP contribution in [0.15, 0.2) is 73.1 Å². The Hall–Kier alpha value is -3.54. The van der Waals surface area contributed by atoms with Crippen molar-refractivity contribution in [2.24, 2.45) is 0 Å². The van der Waals surface area contributed by atoms with Crippen LogP contribution in [-0.4, -0.2) is 14.3 Å². The molecule has 5 nitrogen and oxygen atoms in total. The zero-order chi connectivity index (χ0) is 17.4. The van der Waals surface area contributed by atoms with Gasteiger partial charge in [0.15, 0.2) is 0 Å². The standard InChI is InChI=1S/C19H12FN3O2/c20-15-8-5-13(6-9-15)17-12-22-11-14(7-10-19(22)21-17)16-3-1-2-4-18(16)23(24)25/h1-12H. The second-order valence-electron chi connectivity index (χ2n) is 5.59. The summed E-state index contributed by atoms with van der Waals surface area (Å²) in [5, 5.41) is 11.2. The van der Waals surface area contributed by atoms with Crippen LogP contribution in [0.1, 0.15) is 0 Å². The quantitative estimate of drug-likeness (QED) is 0.403. The number of fused-ring (bicyclic) bond motifs is 1. The fourth-order valence-corrected chi connectivity index (χ4v) is 2.79. The highest BCUT2D eigenvalue weighted by Gasteiger charge is 2.15. The first-order valence-electron chi connectivity index (χ1n) is 7.60. The molecule has 0 N–H and O–H groups in total. The van der Waals surface area contributed by atoms with E-state index in [-0.39, 0.29) is 11.5 Å². The Morgan fingerprint density at radius 2 is 1.64 bits per heavy atom. The van der Waals surface area contributed by atoms with Gasteiger partial charge in [-0.05, 0) is 42.5 Å². The summed E-state index contributed by atoms with van der Waals surface area (Å²) in [7, 11) is 0. The van der Waals surface area contributed by atoms with Crippen molar-refractivity contribution in [2.45, 2.75) is 0 Å². The Kier molecular flexibility index (Phi) is 3.50. The normalized spacial score (nSPS) is 10.9. The summed E-state index contributed by atoms with van der Waals surface area (Å²) < 4.78 is 14.9. The molecule has 0 radical (unpaired) electrons. The lowest BCUT2D eigenvalue weighted by atomic mass is 10.1. The van der Waals surface area contributed by atoms with Crippen LogP contribution in [0.2, 0.25) is 0 Å². The average molecular weight is 333 g/mol. The Morgan fingerprint density at radius 3 is 2.40 bits per heavy atom. The number of hydrogen-bond acceptors (Lipinski definition) is 3. The minimum Gasteiger partial charge on any atom is -0.306 e. The molecular formula is C19H12FN3O2. The van der Waals surface area contributed by atoms with Gasteiger partial charge in [-0.25, -0.2) is 9.37 Å². The number of nitrogens with zero attached hydrogens (tertiary/aromatic N) is 3. The molecule has 2 aromatic carbocycles. The maximum absolute atomic E-state index is 13.1. The summed E-state index contributed by atoms with van der Waals surface area (Å²) in [6, 6.07) is 16.3. The van der Waals surface area contributed by atoms with Gasteiger partial charge in [0, 0.05) is 29.6 Å². The number of hydrogen-bond donors (Lipinski definition) is 0. The molecule has 0 amide bonds. The Labute approximate surface area is 142 Å².